The van der Waals surface area contributed by atoms with Gasteiger partial charge in [0.2, 0.25) is 0 Å². The normalized spacial score (nSPS) is 18.1. The fourth-order valence-corrected chi connectivity index (χ4v) is 2.10. The Balaban J connectivity index is 2.05. The Morgan fingerprint density at radius 2 is 2.13 bits per heavy atom. The average Bonchev–Trinajstić information content (AvgIpc) is 2.65. The zero-order valence-corrected chi connectivity index (χ0v) is 9.18. The number of ketones is 1. The predicted octanol–water partition coefficient (Wildman–Crippen LogP) is 0.763. The standard InChI is InChI=1S/C10H16N4O/c1-13(10-7-11-12-14(10)2)8-3-5-9(15)6-4-8/h7-8H,3-6H2,1-2H3. The third-order valence-corrected chi connectivity index (χ3v) is 3.11. The highest BCUT2D eigenvalue weighted by Crippen LogP contribution is 2.23. The molecule has 1 aromatic rings. The number of anilines is 1. The number of nitrogens with zero attached hydrogens (tertiary/aromatic N) is 4. The number of carbonyl (C=O) groups is 1. The molecule has 5 heteroatoms. The molecule has 1 heterocycles. The summed E-state index contributed by atoms with van der Waals surface area (Å²) in [6.45, 7) is 0. The number of hydrogen-bond donors (Lipinski definition) is 0. The van der Waals surface area contributed by atoms with Crippen LogP contribution in [0.5, 0.6) is 0 Å². The predicted molar refractivity (Wildman–Crippen MR) is 56.7 cm³/mol. The molecule has 1 aromatic heterocycles. The van der Waals surface area contributed by atoms with Crippen molar-refractivity contribution in [3.8, 4) is 0 Å². The molecule has 1 fully saturated rings. The Labute approximate surface area is 89.1 Å². The van der Waals surface area contributed by atoms with Crippen LogP contribution in [-0.2, 0) is 11.8 Å². The first-order valence-electron chi connectivity index (χ1n) is 5.27. The molecule has 82 valence electrons. The summed E-state index contributed by atoms with van der Waals surface area (Å²) in [5, 5.41) is 7.76. The van der Waals surface area contributed by atoms with Gasteiger partial charge in [-0.05, 0) is 12.8 Å². The monoisotopic (exact) mass is 208 g/mol. The minimum absolute atomic E-state index is 0.391. The van der Waals surface area contributed by atoms with Gasteiger partial charge in [-0.15, -0.1) is 5.10 Å². The lowest BCUT2D eigenvalue weighted by molar-refractivity contribution is -0.120. The second kappa shape index (κ2) is 4.00. The molecular formula is C10H16N4O. The van der Waals surface area contributed by atoms with Crippen molar-refractivity contribution in [3.05, 3.63) is 6.20 Å². The number of hydrogen-bond acceptors (Lipinski definition) is 4. The maximum absolute atomic E-state index is 11.1. The van der Waals surface area contributed by atoms with E-state index in [9.17, 15) is 4.79 Å². The van der Waals surface area contributed by atoms with Crippen LogP contribution in [-0.4, -0.2) is 33.9 Å². The van der Waals surface area contributed by atoms with Crippen LogP contribution in [0, 0.1) is 0 Å². The molecule has 0 unspecified atom stereocenters. The summed E-state index contributed by atoms with van der Waals surface area (Å²) in [5.41, 5.74) is 0. The largest absolute Gasteiger partial charge is 0.356 e. The summed E-state index contributed by atoms with van der Waals surface area (Å²) < 4.78 is 1.76. The summed E-state index contributed by atoms with van der Waals surface area (Å²) in [7, 11) is 3.92. The molecule has 0 aromatic carbocycles. The van der Waals surface area contributed by atoms with Crippen molar-refractivity contribution >= 4 is 11.6 Å². The molecule has 2 rings (SSSR count). The topological polar surface area (TPSA) is 51.0 Å². The van der Waals surface area contributed by atoms with Crippen LogP contribution >= 0.6 is 0 Å². The quantitative estimate of drug-likeness (QED) is 0.720. The van der Waals surface area contributed by atoms with Crippen LogP contribution in [0.25, 0.3) is 0 Å². The summed E-state index contributed by atoms with van der Waals surface area (Å²) in [6, 6.07) is 0.444. The van der Waals surface area contributed by atoms with E-state index in [1.807, 2.05) is 14.1 Å². The number of carbonyl (C=O) groups excluding carboxylic acids is 1. The lowest BCUT2D eigenvalue weighted by Gasteiger charge is -2.31. The zero-order valence-electron chi connectivity index (χ0n) is 9.18. The van der Waals surface area contributed by atoms with Crippen molar-refractivity contribution in [2.75, 3.05) is 11.9 Å². The molecule has 15 heavy (non-hydrogen) atoms. The van der Waals surface area contributed by atoms with Crippen LogP contribution in [0.1, 0.15) is 25.7 Å². The number of aryl methyl sites for hydroxylation is 1. The molecule has 1 aliphatic carbocycles. The van der Waals surface area contributed by atoms with E-state index in [2.05, 4.69) is 15.2 Å². The van der Waals surface area contributed by atoms with Crippen LogP contribution in [0.4, 0.5) is 5.82 Å². The second-order valence-electron chi connectivity index (χ2n) is 4.10. The maximum Gasteiger partial charge on any atom is 0.147 e. The van der Waals surface area contributed by atoms with Gasteiger partial charge in [0.15, 0.2) is 0 Å². The Morgan fingerprint density at radius 3 is 2.67 bits per heavy atom. The molecule has 0 saturated heterocycles. The van der Waals surface area contributed by atoms with E-state index >= 15 is 0 Å². The Bertz CT molecular complexity index is 350. The first-order valence-corrected chi connectivity index (χ1v) is 5.27. The van der Waals surface area contributed by atoms with Crippen LogP contribution in [0.2, 0.25) is 0 Å². The van der Waals surface area contributed by atoms with E-state index in [4.69, 9.17) is 0 Å². The van der Waals surface area contributed by atoms with Crippen molar-refractivity contribution in [1.29, 1.82) is 0 Å². The van der Waals surface area contributed by atoms with Crippen molar-refractivity contribution in [2.45, 2.75) is 31.7 Å². The van der Waals surface area contributed by atoms with Gasteiger partial charge < -0.3 is 4.90 Å². The molecule has 0 spiro atoms. The Hall–Kier alpha value is -1.39. The average molecular weight is 208 g/mol. The zero-order chi connectivity index (χ0) is 10.8. The van der Waals surface area contributed by atoms with Crippen molar-refractivity contribution in [2.24, 2.45) is 7.05 Å². The van der Waals surface area contributed by atoms with Crippen LogP contribution in [0.15, 0.2) is 6.20 Å². The van der Waals surface area contributed by atoms with Gasteiger partial charge in [0, 0.05) is 33.0 Å². The minimum Gasteiger partial charge on any atom is -0.356 e. The van der Waals surface area contributed by atoms with Gasteiger partial charge in [0.05, 0.1) is 6.20 Å². The highest BCUT2D eigenvalue weighted by Gasteiger charge is 2.23. The Kier molecular flexibility index (Phi) is 2.70. The molecule has 0 radical (unpaired) electrons. The number of aromatic nitrogens is 3. The number of Topliss-reactive ketones (excluding diaryl/α,β-unsaturated/α-hetero) is 1. The Morgan fingerprint density at radius 1 is 1.47 bits per heavy atom. The van der Waals surface area contributed by atoms with Gasteiger partial charge in [-0.25, -0.2) is 4.68 Å². The SMILES string of the molecule is CN(c1cnnn1C)C1CCC(=O)CC1. The third-order valence-electron chi connectivity index (χ3n) is 3.11. The van der Waals surface area contributed by atoms with E-state index in [1.165, 1.54) is 0 Å². The first kappa shape index (κ1) is 10.1. The van der Waals surface area contributed by atoms with E-state index in [-0.39, 0.29) is 0 Å². The summed E-state index contributed by atoms with van der Waals surface area (Å²) in [6.07, 6.45) is 5.07. The fraction of sp³-hybridized carbons (Fsp3) is 0.700. The highest BCUT2D eigenvalue weighted by molar-refractivity contribution is 5.79. The summed E-state index contributed by atoms with van der Waals surface area (Å²) >= 11 is 0. The lowest BCUT2D eigenvalue weighted by Crippen LogP contribution is -2.36. The van der Waals surface area contributed by atoms with E-state index in [0.717, 1.165) is 18.7 Å². The summed E-state index contributed by atoms with van der Waals surface area (Å²) in [4.78, 5) is 13.3. The molecule has 1 aliphatic rings. The molecule has 0 bridgehead atoms. The number of rotatable bonds is 2. The summed E-state index contributed by atoms with van der Waals surface area (Å²) in [5.74, 6) is 1.40. The van der Waals surface area contributed by atoms with Gasteiger partial charge in [-0.1, -0.05) is 5.21 Å². The molecule has 0 atom stereocenters. The highest BCUT2D eigenvalue weighted by atomic mass is 16.1. The van der Waals surface area contributed by atoms with Crippen molar-refractivity contribution in [3.63, 3.8) is 0 Å². The van der Waals surface area contributed by atoms with E-state index < -0.39 is 0 Å². The molecule has 0 aliphatic heterocycles. The first-order chi connectivity index (χ1) is 7.18. The van der Waals surface area contributed by atoms with Crippen molar-refractivity contribution < 1.29 is 4.79 Å². The molecular weight excluding hydrogens is 192 g/mol. The molecule has 0 amide bonds. The van der Waals surface area contributed by atoms with E-state index in [0.29, 0.717) is 24.7 Å². The third kappa shape index (κ3) is 2.00. The fourth-order valence-electron chi connectivity index (χ4n) is 2.10. The lowest BCUT2D eigenvalue weighted by atomic mass is 9.93. The molecule has 1 saturated carbocycles. The van der Waals surface area contributed by atoms with Gasteiger partial charge in [0.25, 0.3) is 0 Å². The van der Waals surface area contributed by atoms with Crippen LogP contribution in [0.3, 0.4) is 0 Å². The maximum atomic E-state index is 11.1. The van der Waals surface area contributed by atoms with Gasteiger partial charge >= 0.3 is 0 Å². The van der Waals surface area contributed by atoms with Crippen molar-refractivity contribution in [1.82, 2.24) is 15.0 Å². The molecule has 0 N–H and O–H groups in total. The van der Waals surface area contributed by atoms with Gasteiger partial charge in [-0.2, -0.15) is 0 Å². The minimum atomic E-state index is 0.391. The smallest absolute Gasteiger partial charge is 0.147 e. The van der Waals surface area contributed by atoms with Gasteiger partial charge in [0.1, 0.15) is 11.6 Å². The molecule has 5 nitrogen and oxygen atoms in total. The van der Waals surface area contributed by atoms with Crippen LogP contribution < -0.4 is 4.90 Å². The second-order valence-corrected chi connectivity index (χ2v) is 4.10. The van der Waals surface area contributed by atoms with E-state index in [1.54, 1.807) is 10.9 Å². The van der Waals surface area contributed by atoms with Gasteiger partial charge in [-0.3, -0.25) is 4.79 Å².